The van der Waals surface area contributed by atoms with Crippen molar-refractivity contribution in [3.05, 3.63) is 89.6 Å². The first-order valence-corrected chi connectivity index (χ1v) is 37.2. The standard InChI is InChI=1S/C51H78N8O11.C9H9N.C4H6N2.C4H8O.2C4H10.C3H8/c1-6-57-34-51(59(8-3)9-4,35-58(7-2)44-13-11-10-12-43(44)57)27-26-49(69)54-32-42(64)28-37-15-17-38(18-16-37)45(65)22-25-48(68)53-30-40(62)20-23-46(66)52-29-41(63)21-24-47(67)56-33-50(70)55-31-39(61)19-14-36(5)60;1-7-6-10-9-5-3-2-4-8(7)9;1-4-2-5-3-6-4;1-3-4(2)5;1-4(2)3;1-3-4-2;1-3-2/h15-18,43-44H,6-14,19-35H2,1-5H3,(H,52,66)(H,53,68)(H,54,69)(H,55,70)(H,56,67);2-6,10H,1H3;2-3H,1H3,(H,5,6);3H2,1-2H3;4H,1-3H3;3-4H2,1-2H3;3H2,1-2H3/t43-,44-;;;;;;/m1....../s1. The summed E-state index contributed by atoms with van der Waals surface area (Å²) >= 11 is 0. The van der Waals surface area contributed by atoms with Crippen LogP contribution >= 0.6 is 0 Å². The molecule has 6 rings (SSSR count). The van der Waals surface area contributed by atoms with Crippen LogP contribution in [0.2, 0.25) is 0 Å². The molecule has 2 aliphatic rings. The molecule has 1 aliphatic carbocycles. The van der Waals surface area contributed by atoms with Crippen LogP contribution < -0.4 is 26.6 Å². The summed E-state index contributed by atoms with van der Waals surface area (Å²) < 4.78 is 0. The Morgan fingerprint density at radius 1 is 0.539 bits per heavy atom. The Morgan fingerprint density at radius 2 is 0.971 bits per heavy atom. The molecule has 572 valence electrons. The van der Waals surface area contributed by atoms with Crippen molar-refractivity contribution in [2.75, 3.05) is 72.0 Å². The fourth-order valence-electron chi connectivity index (χ4n) is 10.9. The van der Waals surface area contributed by atoms with Crippen LogP contribution in [0.15, 0.2) is 67.3 Å². The lowest BCUT2D eigenvalue weighted by Crippen LogP contribution is -2.60. The molecule has 0 spiro atoms. The molecule has 0 radical (unpaired) electrons. The lowest BCUT2D eigenvalue weighted by Gasteiger charge is -2.46. The van der Waals surface area contributed by atoms with Gasteiger partial charge in [-0.1, -0.05) is 158 Å². The van der Waals surface area contributed by atoms with Crippen LogP contribution in [0.25, 0.3) is 10.9 Å². The van der Waals surface area contributed by atoms with Crippen molar-refractivity contribution in [2.45, 2.75) is 250 Å². The van der Waals surface area contributed by atoms with Gasteiger partial charge >= 0.3 is 0 Å². The van der Waals surface area contributed by atoms with Gasteiger partial charge in [0, 0.05) is 136 Å². The molecule has 5 amide bonds. The lowest BCUT2D eigenvalue weighted by atomic mass is 9.88. The van der Waals surface area contributed by atoms with Crippen LogP contribution in [0.5, 0.6) is 0 Å². The molecular formula is C79H129N11O12. The summed E-state index contributed by atoms with van der Waals surface area (Å²) in [5, 5.41) is 13.7. The number of Topliss-reactive ketones (excluding diaryl/α,β-unsaturated/α-hetero) is 7. The second kappa shape index (κ2) is 55.7. The number of para-hydroxylation sites is 1. The molecule has 1 saturated heterocycles. The van der Waals surface area contributed by atoms with E-state index in [0.717, 1.165) is 50.9 Å². The van der Waals surface area contributed by atoms with Gasteiger partial charge in [-0.05, 0) is 96.2 Å². The van der Waals surface area contributed by atoms with E-state index in [1.807, 2.05) is 26.1 Å². The molecule has 4 aromatic rings. The summed E-state index contributed by atoms with van der Waals surface area (Å²) in [5.74, 6) is -3.17. The van der Waals surface area contributed by atoms with E-state index < -0.39 is 41.7 Å². The molecule has 3 heterocycles. The maximum atomic E-state index is 13.3. The first-order chi connectivity index (χ1) is 48.5. The largest absolute Gasteiger partial charge is 0.361 e. The van der Waals surface area contributed by atoms with Crippen LogP contribution in [0, 0.1) is 19.8 Å². The zero-order valence-corrected chi connectivity index (χ0v) is 65.0. The lowest BCUT2D eigenvalue weighted by molar-refractivity contribution is -0.129. The number of H-pyrrole nitrogens is 2. The van der Waals surface area contributed by atoms with Gasteiger partial charge in [0.15, 0.2) is 28.9 Å². The molecular weight excluding hydrogens is 1290 g/mol. The Bertz CT molecular complexity index is 3080. The molecule has 2 fully saturated rings. The highest BCUT2D eigenvalue weighted by molar-refractivity contribution is 5.99. The predicted molar refractivity (Wildman–Crippen MR) is 407 cm³/mol. The van der Waals surface area contributed by atoms with Gasteiger partial charge in [-0.15, -0.1) is 0 Å². The maximum absolute atomic E-state index is 13.3. The number of ketones is 7. The molecule has 0 bridgehead atoms. The quantitative estimate of drug-likeness (QED) is 0.0211. The molecule has 23 heteroatoms. The number of aryl methyl sites for hydroxylation is 2. The van der Waals surface area contributed by atoms with Crippen molar-refractivity contribution < 1.29 is 57.5 Å². The number of nitrogens with one attached hydrogen (secondary N) is 7. The summed E-state index contributed by atoms with van der Waals surface area (Å²) in [7, 11) is 0. The van der Waals surface area contributed by atoms with Crippen molar-refractivity contribution in [1.82, 2.24) is 56.2 Å². The van der Waals surface area contributed by atoms with Gasteiger partial charge in [-0.2, -0.15) is 0 Å². The van der Waals surface area contributed by atoms with E-state index in [0.29, 0.717) is 42.5 Å². The van der Waals surface area contributed by atoms with Crippen LogP contribution in [0.4, 0.5) is 0 Å². The van der Waals surface area contributed by atoms with E-state index in [-0.39, 0.29) is 124 Å². The van der Waals surface area contributed by atoms with Crippen LogP contribution in [0.1, 0.15) is 240 Å². The zero-order valence-electron chi connectivity index (χ0n) is 65.0. The molecule has 102 heavy (non-hydrogen) atoms. The molecule has 23 nitrogen and oxygen atoms in total. The van der Waals surface area contributed by atoms with E-state index in [4.69, 9.17) is 0 Å². The fourth-order valence-corrected chi connectivity index (χ4v) is 10.9. The van der Waals surface area contributed by atoms with E-state index in [2.05, 4.69) is 158 Å². The van der Waals surface area contributed by atoms with Crippen LogP contribution in [-0.2, 0) is 59.2 Å². The van der Waals surface area contributed by atoms with Crippen molar-refractivity contribution >= 4 is 80.9 Å². The van der Waals surface area contributed by atoms with Crippen molar-refractivity contribution in [2.24, 2.45) is 5.92 Å². The van der Waals surface area contributed by atoms with Gasteiger partial charge < -0.3 is 46.1 Å². The minimum atomic E-state index is -0.610. The highest BCUT2D eigenvalue weighted by Crippen LogP contribution is 2.36. The Kier molecular flexibility index (Phi) is 51.4. The number of aromatic nitrogens is 3. The van der Waals surface area contributed by atoms with Gasteiger partial charge in [0.05, 0.1) is 39.1 Å². The molecule has 0 unspecified atom stereocenters. The normalized spacial score (nSPS) is 14.3. The Labute approximate surface area is 609 Å². The van der Waals surface area contributed by atoms with E-state index in [1.165, 1.54) is 68.3 Å². The minimum absolute atomic E-state index is 0.00880. The second-order valence-electron chi connectivity index (χ2n) is 26.7. The summed E-state index contributed by atoms with van der Waals surface area (Å²) in [4.78, 5) is 162. The Morgan fingerprint density at radius 3 is 1.37 bits per heavy atom. The smallest absolute Gasteiger partial charge is 0.239 e. The van der Waals surface area contributed by atoms with E-state index in [9.17, 15) is 57.5 Å². The van der Waals surface area contributed by atoms with Crippen LogP contribution in [-0.4, -0.2) is 189 Å². The predicted octanol–water partition coefficient (Wildman–Crippen LogP) is 10.9. The third-order valence-corrected chi connectivity index (χ3v) is 16.8. The summed E-state index contributed by atoms with van der Waals surface area (Å²) in [6.07, 6.45) is 15.0. The number of carbonyl (C=O) groups is 12. The Balaban J connectivity index is 0.00000258. The number of unbranched alkanes of at least 4 members (excludes halogenated alkanes) is 1. The number of benzene rings is 2. The van der Waals surface area contributed by atoms with Crippen molar-refractivity contribution in [3.63, 3.8) is 0 Å². The second-order valence-corrected chi connectivity index (χ2v) is 26.7. The van der Waals surface area contributed by atoms with Gasteiger partial charge in [-0.3, -0.25) is 62.6 Å². The number of imidazole rings is 1. The Hall–Kier alpha value is -7.89. The molecule has 1 aliphatic heterocycles. The van der Waals surface area contributed by atoms with E-state index >= 15 is 0 Å². The summed E-state index contributed by atoms with van der Waals surface area (Å²) in [6.45, 7) is 36.9. The summed E-state index contributed by atoms with van der Waals surface area (Å²) in [5.41, 5.74) is 4.50. The number of likely N-dealkylation sites (N-methyl/N-ethyl adjacent to an activating group) is 3. The number of hydrogen-bond donors (Lipinski definition) is 7. The SMILES string of the molecule is CC(C)C.CCC.CCC(C)=O.CCCC.CCN1CC(CCC(=O)NCC(=O)Cc2ccc(C(=O)CCC(=O)NCC(=O)CCC(=O)NCC(=O)CCC(=O)NCC(=O)NCC(=O)CCC(C)=O)cc2)(N(CC)CC)CN(CC)[C@@H]2CCCC[C@H]21.Cc1c[nH]c2ccccc12.Cc1cnc[nH]1. The van der Waals surface area contributed by atoms with Gasteiger partial charge in [-0.25, -0.2) is 4.98 Å². The van der Waals surface area contributed by atoms with Crippen LogP contribution in [0.3, 0.4) is 0 Å². The molecule has 1 saturated carbocycles. The topological polar surface area (TPSA) is 319 Å². The number of nitrogens with zero attached hydrogens (tertiary/aromatic N) is 4. The maximum Gasteiger partial charge on any atom is 0.239 e. The van der Waals surface area contributed by atoms with Gasteiger partial charge in [0.1, 0.15) is 11.6 Å². The number of aromatic amines is 2. The highest BCUT2D eigenvalue weighted by Gasteiger charge is 2.46. The monoisotopic (exact) mass is 1420 g/mol. The van der Waals surface area contributed by atoms with Crippen molar-refractivity contribution in [3.8, 4) is 0 Å². The average Bonchev–Trinajstić information content (AvgIpc) is 1.65. The van der Waals surface area contributed by atoms with Gasteiger partial charge in [0.2, 0.25) is 29.5 Å². The molecule has 2 atom stereocenters. The zero-order chi connectivity index (χ0) is 77.0. The number of amides is 5. The molecule has 2 aromatic carbocycles. The minimum Gasteiger partial charge on any atom is -0.361 e. The van der Waals surface area contributed by atoms with Crippen molar-refractivity contribution in [1.29, 1.82) is 0 Å². The first-order valence-electron chi connectivity index (χ1n) is 37.2. The highest BCUT2D eigenvalue weighted by atomic mass is 16.2. The number of fused-ring (bicyclic) bond motifs is 2. The fraction of sp³-hybridized carbons (Fsp3) is 0.633. The molecule has 2 aromatic heterocycles. The first kappa shape index (κ1) is 94.1. The number of rotatable bonds is 35. The third kappa shape index (κ3) is 42.5. The number of hydrogen-bond acceptors (Lipinski definition) is 16. The number of carbonyl (C=O) groups excluding carboxylic acids is 12. The van der Waals surface area contributed by atoms with Gasteiger partial charge in [0.25, 0.3) is 0 Å². The van der Waals surface area contributed by atoms with E-state index in [1.54, 1.807) is 43.7 Å². The average molecular weight is 1420 g/mol. The summed E-state index contributed by atoms with van der Waals surface area (Å²) in [6, 6.07) is 15.9. The molecule has 7 N–H and O–H groups in total. The third-order valence-electron chi connectivity index (χ3n) is 16.8.